The number of ether oxygens (including phenoxy) is 3. The van der Waals surface area contributed by atoms with Gasteiger partial charge in [-0.2, -0.15) is 0 Å². The van der Waals surface area contributed by atoms with Crippen LogP contribution < -0.4 is 5.32 Å². The van der Waals surface area contributed by atoms with Crippen molar-refractivity contribution in [2.24, 2.45) is 0 Å². The molecule has 0 bridgehead atoms. The standard InChI is InChI=1S/C13H29NO4/c1-5-17-12(18-6-2)7-9-14-11-13(3,15)8-10-16-4/h12,14-15H,5-11H2,1-4H3. The number of nitrogens with one attached hydrogen (secondary N) is 1. The van der Waals surface area contributed by atoms with Crippen LogP contribution in [0.5, 0.6) is 0 Å². The summed E-state index contributed by atoms with van der Waals surface area (Å²) in [4.78, 5) is 0. The molecule has 1 atom stereocenters. The van der Waals surface area contributed by atoms with Crippen molar-refractivity contribution in [3.05, 3.63) is 0 Å². The molecule has 0 spiro atoms. The lowest BCUT2D eigenvalue weighted by Crippen LogP contribution is -2.40. The van der Waals surface area contributed by atoms with Crippen molar-refractivity contribution >= 4 is 0 Å². The first kappa shape index (κ1) is 17.8. The Morgan fingerprint density at radius 3 is 2.33 bits per heavy atom. The highest BCUT2D eigenvalue weighted by Gasteiger charge is 2.19. The van der Waals surface area contributed by atoms with Gasteiger partial charge in [0, 0.05) is 52.9 Å². The molecule has 0 aromatic heterocycles. The Labute approximate surface area is 111 Å². The van der Waals surface area contributed by atoms with E-state index in [0.29, 0.717) is 32.8 Å². The van der Waals surface area contributed by atoms with E-state index in [2.05, 4.69) is 5.32 Å². The Bertz CT molecular complexity index is 182. The average molecular weight is 263 g/mol. The molecule has 0 radical (unpaired) electrons. The van der Waals surface area contributed by atoms with Crippen LogP contribution in [0, 0.1) is 0 Å². The first-order chi connectivity index (χ1) is 8.55. The van der Waals surface area contributed by atoms with Crippen LogP contribution in [-0.2, 0) is 14.2 Å². The highest BCUT2D eigenvalue weighted by Crippen LogP contribution is 2.07. The van der Waals surface area contributed by atoms with Gasteiger partial charge in [0.1, 0.15) is 0 Å². The van der Waals surface area contributed by atoms with Crippen molar-refractivity contribution in [1.82, 2.24) is 5.32 Å². The van der Waals surface area contributed by atoms with E-state index in [4.69, 9.17) is 14.2 Å². The Morgan fingerprint density at radius 2 is 1.83 bits per heavy atom. The molecule has 0 saturated heterocycles. The summed E-state index contributed by atoms with van der Waals surface area (Å²) in [6.07, 6.45) is 1.25. The van der Waals surface area contributed by atoms with Crippen LogP contribution >= 0.6 is 0 Å². The van der Waals surface area contributed by atoms with Crippen LogP contribution in [0.4, 0.5) is 0 Å². The second kappa shape index (κ2) is 10.7. The van der Waals surface area contributed by atoms with E-state index in [1.807, 2.05) is 20.8 Å². The fourth-order valence-electron chi connectivity index (χ4n) is 1.57. The van der Waals surface area contributed by atoms with Crippen LogP contribution in [0.2, 0.25) is 0 Å². The minimum atomic E-state index is -0.733. The van der Waals surface area contributed by atoms with Gasteiger partial charge < -0.3 is 24.6 Å². The number of hydrogen-bond donors (Lipinski definition) is 2. The molecule has 0 saturated carbocycles. The zero-order valence-electron chi connectivity index (χ0n) is 12.2. The van der Waals surface area contributed by atoms with Crippen molar-refractivity contribution in [2.75, 3.05) is 40.0 Å². The summed E-state index contributed by atoms with van der Waals surface area (Å²) in [5.41, 5.74) is -0.733. The molecular weight excluding hydrogens is 234 g/mol. The quantitative estimate of drug-likeness (QED) is 0.408. The minimum absolute atomic E-state index is 0.156. The van der Waals surface area contributed by atoms with Crippen molar-refractivity contribution < 1.29 is 19.3 Å². The van der Waals surface area contributed by atoms with Crippen molar-refractivity contribution in [3.8, 4) is 0 Å². The molecule has 5 nitrogen and oxygen atoms in total. The zero-order valence-corrected chi connectivity index (χ0v) is 12.2. The molecule has 0 aromatic rings. The van der Waals surface area contributed by atoms with Crippen LogP contribution in [-0.4, -0.2) is 57.0 Å². The highest BCUT2D eigenvalue weighted by molar-refractivity contribution is 4.75. The van der Waals surface area contributed by atoms with E-state index in [-0.39, 0.29) is 6.29 Å². The molecule has 0 aliphatic carbocycles. The molecule has 1 unspecified atom stereocenters. The first-order valence-corrected chi connectivity index (χ1v) is 6.71. The topological polar surface area (TPSA) is 60.0 Å². The van der Waals surface area contributed by atoms with E-state index >= 15 is 0 Å². The molecular formula is C13H29NO4. The van der Waals surface area contributed by atoms with Gasteiger partial charge in [0.25, 0.3) is 0 Å². The third-order valence-electron chi connectivity index (χ3n) is 2.61. The molecule has 0 aromatic carbocycles. The van der Waals surface area contributed by atoms with E-state index < -0.39 is 5.60 Å². The van der Waals surface area contributed by atoms with E-state index in [9.17, 15) is 5.11 Å². The first-order valence-electron chi connectivity index (χ1n) is 6.71. The van der Waals surface area contributed by atoms with Crippen LogP contribution in [0.3, 0.4) is 0 Å². The smallest absolute Gasteiger partial charge is 0.158 e. The van der Waals surface area contributed by atoms with Crippen LogP contribution in [0.15, 0.2) is 0 Å². The summed E-state index contributed by atoms with van der Waals surface area (Å²) in [6.45, 7) is 8.88. The molecule has 0 fully saturated rings. The molecule has 0 aliphatic heterocycles. The Kier molecular flexibility index (Phi) is 10.6. The summed E-state index contributed by atoms with van der Waals surface area (Å²) in [6, 6.07) is 0. The van der Waals surface area contributed by atoms with Crippen molar-refractivity contribution in [3.63, 3.8) is 0 Å². The lowest BCUT2D eigenvalue weighted by Gasteiger charge is -2.24. The number of hydrogen-bond acceptors (Lipinski definition) is 5. The van der Waals surface area contributed by atoms with Crippen LogP contribution in [0.25, 0.3) is 0 Å². The SMILES string of the molecule is CCOC(CCNCC(C)(O)CCOC)OCC. The molecule has 0 heterocycles. The Balaban J connectivity index is 3.68. The second-order valence-corrected chi connectivity index (χ2v) is 4.55. The fourth-order valence-corrected chi connectivity index (χ4v) is 1.57. The van der Waals surface area contributed by atoms with Crippen LogP contribution in [0.1, 0.15) is 33.6 Å². The molecule has 0 amide bonds. The normalized spacial score (nSPS) is 15.0. The molecule has 2 N–H and O–H groups in total. The van der Waals surface area contributed by atoms with Crippen molar-refractivity contribution in [2.45, 2.75) is 45.5 Å². The van der Waals surface area contributed by atoms with E-state index in [1.54, 1.807) is 7.11 Å². The maximum absolute atomic E-state index is 10.0. The maximum atomic E-state index is 10.0. The van der Waals surface area contributed by atoms with Gasteiger partial charge in [0.15, 0.2) is 6.29 Å². The molecule has 18 heavy (non-hydrogen) atoms. The van der Waals surface area contributed by atoms with E-state index in [0.717, 1.165) is 13.0 Å². The van der Waals surface area contributed by atoms with Gasteiger partial charge in [-0.3, -0.25) is 0 Å². The fraction of sp³-hybridized carbons (Fsp3) is 1.00. The lowest BCUT2D eigenvalue weighted by atomic mass is 10.0. The average Bonchev–Trinajstić information content (AvgIpc) is 2.33. The molecule has 0 rings (SSSR count). The summed E-state index contributed by atoms with van der Waals surface area (Å²) in [7, 11) is 1.64. The van der Waals surface area contributed by atoms with Gasteiger partial charge in [-0.15, -0.1) is 0 Å². The van der Waals surface area contributed by atoms with Crippen molar-refractivity contribution in [1.29, 1.82) is 0 Å². The summed E-state index contributed by atoms with van der Waals surface area (Å²) < 4.78 is 15.8. The monoisotopic (exact) mass is 263 g/mol. The third-order valence-corrected chi connectivity index (χ3v) is 2.61. The maximum Gasteiger partial charge on any atom is 0.158 e. The number of rotatable bonds is 12. The molecule has 5 heteroatoms. The summed E-state index contributed by atoms with van der Waals surface area (Å²) >= 11 is 0. The van der Waals surface area contributed by atoms with Gasteiger partial charge in [-0.25, -0.2) is 0 Å². The predicted molar refractivity (Wildman–Crippen MR) is 71.6 cm³/mol. The van der Waals surface area contributed by atoms with Gasteiger partial charge in [0.2, 0.25) is 0 Å². The number of methoxy groups -OCH3 is 1. The van der Waals surface area contributed by atoms with E-state index in [1.165, 1.54) is 0 Å². The zero-order chi connectivity index (χ0) is 13.9. The van der Waals surface area contributed by atoms with Gasteiger partial charge >= 0.3 is 0 Å². The molecule has 0 aliphatic rings. The lowest BCUT2D eigenvalue weighted by molar-refractivity contribution is -0.139. The predicted octanol–water partition coefficient (Wildman–Crippen LogP) is 1.15. The summed E-state index contributed by atoms with van der Waals surface area (Å²) in [5, 5.41) is 13.2. The number of aliphatic hydroxyl groups is 1. The van der Waals surface area contributed by atoms with Gasteiger partial charge in [-0.1, -0.05) is 0 Å². The Hall–Kier alpha value is -0.200. The second-order valence-electron chi connectivity index (χ2n) is 4.55. The highest BCUT2D eigenvalue weighted by atomic mass is 16.7. The van der Waals surface area contributed by atoms with Gasteiger partial charge in [-0.05, 0) is 20.8 Å². The van der Waals surface area contributed by atoms with Gasteiger partial charge in [0.05, 0.1) is 5.60 Å². The minimum Gasteiger partial charge on any atom is -0.389 e. The Morgan fingerprint density at radius 1 is 1.22 bits per heavy atom. The third kappa shape index (κ3) is 9.79. The summed E-state index contributed by atoms with van der Waals surface area (Å²) in [5.74, 6) is 0. The molecule has 110 valence electrons. The largest absolute Gasteiger partial charge is 0.389 e.